The zero-order chi connectivity index (χ0) is 17.1. The molecule has 0 saturated heterocycles. The molecule has 3 rings (SSSR count). The van der Waals surface area contributed by atoms with Crippen molar-refractivity contribution in [3.05, 3.63) is 65.2 Å². The van der Waals surface area contributed by atoms with Gasteiger partial charge in [-0.3, -0.25) is 14.5 Å². The Labute approximate surface area is 138 Å². The van der Waals surface area contributed by atoms with Crippen LogP contribution in [0.3, 0.4) is 0 Å². The molecule has 6 nitrogen and oxygen atoms in total. The number of hydrogen-bond donors (Lipinski definition) is 0. The summed E-state index contributed by atoms with van der Waals surface area (Å²) in [5.41, 5.74) is 1.20. The number of benzene rings is 2. The van der Waals surface area contributed by atoms with E-state index in [1.165, 1.54) is 7.11 Å². The van der Waals surface area contributed by atoms with Gasteiger partial charge in [0, 0.05) is 0 Å². The van der Waals surface area contributed by atoms with Gasteiger partial charge in [-0.1, -0.05) is 18.2 Å². The lowest BCUT2D eigenvalue weighted by atomic mass is 10.1. The quantitative estimate of drug-likeness (QED) is 0.622. The molecule has 1 aliphatic heterocycles. The van der Waals surface area contributed by atoms with Crippen molar-refractivity contribution >= 4 is 17.8 Å². The normalized spacial score (nSPS) is 13.0. The summed E-state index contributed by atoms with van der Waals surface area (Å²) in [5.74, 6) is -0.625. The lowest BCUT2D eigenvalue weighted by Gasteiger charge is -2.14. The predicted octanol–water partition coefficient (Wildman–Crippen LogP) is 2.15. The maximum Gasteiger partial charge on any atom is 0.337 e. The van der Waals surface area contributed by atoms with Crippen LogP contribution in [0.25, 0.3) is 0 Å². The number of carbonyl (C=O) groups is 3. The van der Waals surface area contributed by atoms with Crippen LogP contribution in [0.4, 0.5) is 0 Å². The molecule has 24 heavy (non-hydrogen) atoms. The number of carbonyl (C=O) groups excluding carboxylic acids is 3. The highest BCUT2D eigenvalue weighted by Gasteiger charge is 2.34. The second-order valence-electron chi connectivity index (χ2n) is 5.18. The van der Waals surface area contributed by atoms with Crippen LogP contribution in [0.2, 0.25) is 0 Å². The summed E-state index contributed by atoms with van der Waals surface area (Å²) in [6, 6.07) is 13.2. The minimum atomic E-state index is -0.458. The Morgan fingerprint density at radius 3 is 2.29 bits per heavy atom. The Hall–Kier alpha value is -3.15. The first-order chi connectivity index (χ1) is 11.6. The fourth-order valence-corrected chi connectivity index (χ4v) is 2.53. The van der Waals surface area contributed by atoms with Gasteiger partial charge in [-0.05, 0) is 30.3 Å². The highest BCUT2D eigenvalue weighted by Crippen LogP contribution is 2.22. The van der Waals surface area contributed by atoms with E-state index in [0.29, 0.717) is 22.4 Å². The number of methoxy groups -OCH3 is 1. The highest BCUT2D eigenvalue weighted by atomic mass is 16.5. The Morgan fingerprint density at radius 1 is 1.00 bits per heavy atom. The summed E-state index contributed by atoms with van der Waals surface area (Å²) in [7, 11) is 1.30. The van der Waals surface area contributed by atoms with Crippen molar-refractivity contribution in [3.63, 3.8) is 0 Å². The van der Waals surface area contributed by atoms with Crippen molar-refractivity contribution in [1.29, 1.82) is 0 Å². The molecule has 0 N–H and O–H groups in total. The molecule has 0 radical (unpaired) electrons. The highest BCUT2D eigenvalue weighted by molar-refractivity contribution is 6.21. The van der Waals surface area contributed by atoms with Crippen LogP contribution in [0.1, 0.15) is 31.1 Å². The van der Waals surface area contributed by atoms with Crippen molar-refractivity contribution < 1.29 is 23.9 Å². The maximum atomic E-state index is 12.2. The standard InChI is InChI=1S/C18H15NO5/c1-23-18(22)12-5-4-6-13(11-12)24-10-9-19-16(20)14-7-2-3-8-15(14)17(19)21/h2-8,11H,9-10H2,1H3. The molecule has 2 aromatic rings. The average molecular weight is 325 g/mol. The summed E-state index contributed by atoms with van der Waals surface area (Å²) in [4.78, 5) is 37.1. The van der Waals surface area contributed by atoms with Crippen molar-refractivity contribution in [1.82, 2.24) is 4.90 Å². The number of rotatable bonds is 5. The number of esters is 1. The van der Waals surface area contributed by atoms with Gasteiger partial charge in [0.25, 0.3) is 11.8 Å². The molecule has 0 fully saturated rings. The smallest absolute Gasteiger partial charge is 0.337 e. The molecule has 0 atom stereocenters. The van der Waals surface area contributed by atoms with E-state index in [1.807, 2.05) is 0 Å². The lowest BCUT2D eigenvalue weighted by Crippen LogP contribution is -2.33. The fraction of sp³-hybridized carbons (Fsp3) is 0.167. The van der Waals surface area contributed by atoms with Crippen molar-refractivity contribution in [3.8, 4) is 5.75 Å². The van der Waals surface area contributed by atoms with E-state index in [0.717, 1.165) is 4.90 Å². The van der Waals surface area contributed by atoms with Crippen LogP contribution in [-0.2, 0) is 4.74 Å². The van der Waals surface area contributed by atoms with E-state index in [2.05, 4.69) is 4.74 Å². The first-order valence-corrected chi connectivity index (χ1v) is 7.38. The van der Waals surface area contributed by atoms with Gasteiger partial charge in [0.1, 0.15) is 12.4 Å². The molecule has 0 unspecified atom stereocenters. The molecule has 0 aliphatic carbocycles. The fourth-order valence-electron chi connectivity index (χ4n) is 2.53. The Kier molecular flexibility index (Phi) is 4.29. The molecule has 0 aromatic heterocycles. The van der Waals surface area contributed by atoms with Gasteiger partial charge in [-0.2, -0.15) is 0 Å². The molecule has 0 saturated carbocycles. The van der Waals surface area contributed by atoms with E-state index >= 15 is 0 Å². The molecule has 1 heterocycles. The minimum Gasteiger partial charge on any atom is -0.492 e. The monoisotopic (exact) mass is 325 g/mol. The van der Waals surface area contributed by atoms with Crippen LogP contribution in [0, 0.1) is 0 Å². The topological polar surface area (TPSA) is 72.9 Å². The first kappa shape index (κ1) is 15.7. The van der Waals surface area contributed by atoms with Crippen molar-refractivity contribution in [2.75, 3.05) is 20.3 Å². The van der Waals surface area contributed by atoms with Gasteiger partial charge >= 0.3 is 5.97 Å². The second-order valence-corrected chi connectivity index (χ2v) is 5.18. The molecule has 6 heteroatoms. The largest absolute Gasteiger partial charge is 0.492 e. The van der Waals surface area contributed by atoms with Crippen LogP contribution in [-0.4, -0.2) is 42.9 Å². The van der Waals surface area contributed by atoms with E-state index in [4.69, 9.17) is 4.74 Å². The van der Waals surface area contributed by atoms with Gasteiger partial charge in [0.2, 0.25) is 0 Å². The number of nitrogens with zero attached hydrogens (tertiary/aromatic N) is 1. The number of hydrogen-bond acceptors (Lipinski definition) is 5. The summed E-state index contributed by atoms with van der Waals surface area (Å²) in [6.07, 6.45) is 0. The average Bonchev–Trinajstić information content (AvgIpc) is 2.86. The Balaban J connectivity index is 1.63. The first-order valence-electron chi connectivity index (χ1n) is 7.38. The number of ether oxygens (including phenoxy) is 2. The van der Waals surface area contributed by atoms with Crippen molar-refractivity contribution in [2.24, 2.45) is 0 Å². The van der Waals surface area contributed by atoms with Crippen LogP contribution in [0.5, 0.6) is 5.75 Å². The SMILES string of the molecule is COC(=O)c1cccc(OCCN2C(=O)c3ccccc3C2=O)c1. The van der Waals surface area contributed by atoms with Crippen LogP contribution < -0.4 is 4.74 Å². The summed E-state index contributed by atoms with van der Waals surface area (Å²) in [6.45, 7) is 0.269. The maximum absolute atomic E-state index is 12.2. The molecule has 0 bridgehead atoms. The number of fused-ring (bicyclic) bond motifs is 1. The third-order valence-corrected chi connectivity index (χ3v) is 3.72. The molecule has 2 amide bonds. The van der Waals surface area contributed by atoms with E-state index in [-0.39, 0.29) is 25.0 Å². The molecular weight excluding hydrogens is 310 g/mol. The molecule has 122 valence electrons. The lowest BCUT2D eigenvalue weighted by molar-refractivity contribution is 0.0598. The molecular formula is C18H15NO5. The van der Waals surface area contributed by atoms with Crippen molar-refractivity contribution in [2.45, 2.75) is 0 Å². The molecule has 0 spiro atoms. The van der Waals surface area contributed by atoms with Gasteiger partial charge in [0.05, 0.1) is 30.3 Å². The zero-order valence-electron chi connectivity index (χ0n) is 13.0. The van der Waals surface area contributed by atoms with Gasteiger partial charge in [-0.25, -0.2) is 4.79 Å². The van der Waals surface area contributed by atoms with Crippen LogP contribution >= 0.6 is 0 Å². The predicted molar refractivity (Wildman–Crippen MR) is 85.1 cm³/mol. The Morgan fingerprint density at radius 2 is 1.67 bits per heavy atom. The van der Waals surface area contributed by atoms with Crippen LogP contribution in [0.15, 0.2) is 48.5 Å². The molecule has 2 aromatic carbocycles. The zero-order valence-corrected chi connectivity index (χ0v) is 13.0. The minimum absolute atomic E-state index is 0.134. The summed E-state index contributed by atoms with van der Waals surface area (Å²) in [5, 5.41) is 0. The van der Waals surface area contributed by atoms with E-state index < -0.39 is 5.97 Å². The number of imide groups is 1. The van der Waals surface area contributed by atoms with Gasteiger partial charge < -0.3 is 9.47 Å². The number of amides is 2. The third-order valence-electron chi connectivity index (χ3n) is 3.72. The van der Waals surface area contributed by atoms with Gasteiger partial charge in [0.15, 0.2) is 0 Å². The van der Waals surface area contributed by atoms with E-state index in [1.54, 1.807) is 48.5 Å². The summed E-state index contributed by atoms with van der Waals surface area (Å²) < 4.78 is 10.2. The van der Waals surface area contributed by atoms with Gasteiger partial charge in [-0.15, -0.1) is 0 Å². The molecule has 1 aliphatic rings. The van der Waals surface area contributed by atoms with E-state index in [9.17, 15) is 14.4 Å². The third kappa shape index (κ3) is 2.86. The Bertz CT molecular complexity index is 780. The summed E-state index contributed by atoms with van der Waals surface area (Å²) >= 11 is 0. The second kappa shape index (κ2) is 6.54.